The number of hydrogen-bond donors (Lipinski definition) is 2. The summed E-state index contributed by atoms with van der Waals surface area (Å²) in [6, 6.07) is 28.5. The summed E-state index contributed by atoms with van der Waals surface area (Å²) in [4.78, 5) is 17.7. The van der Waals surface area contributed by atoms with E-state index in [1.165, 1.54) is 23.5 Å². The van der Waals surface area contributed by atoms with Gasteiger partial charge in [0.25, 0.3) is 0 Å². The first-order chi connectivity index (χ1) is 17.5. The highest BCUT2D eigenvalue weighted by Gasteiger charge is 2.16. The summed E-state index contributed by atoms with van der Waals surface area (Å²) in [5, 5.41) is 4.45. The molecule has 5 aromatic rings. The van der Waals surface area contributed by atoms with Gasteiger partial charge in [-0.1, -0.05) is 72.8 Å². The average molecular weight is 497 g/mol. The number of para-hydroxylation sites is 1. The molecule has 0 aliphatic carbocycles. The molecule has 2 heterocycles. The van der Waals surface area contributed by atoms with Gasteiger partial charge in [0.05, 0.1) is 17.3 Å². The van der Waals surface area contributed by atoms with Crippen LogP contribution < -0.4 is 10.0 Å². The highest BCUT2D eigenvalue weighted by Crippen LogP contribution is 2.28. The molecule has 0 spiro atoms. The maximum atomic E-state index is 11.5. The average Bonchev–Trinajstić information content (AvgIpc) is 2.89. The molecule has 9 heteroatoms. The molecule has 8 nitrogen and oxygen atoms in total. The third-order valence-corrected chi connectivity index (χ3v) is 6.22. The van der Waals surface area contributed by atoms with Gasteiger partial charge in [-0.25, -0.2) is 28.4 Å². The zero-order chi connectivity index (χ0) is 25.0. The number of benzene rings is 3. The van der Waals surface area contributed by atoms with Crippen molar-refractivity contribution in [2.24, 2.45) is 0 Å². The van der Waals surface area contributed by atoms with Crippen molar-refractivity contribution in [1.29, 1.82) is 0 Å². The summed E-state index contributed by atoms with van der Waals surface area (Å²) in [6.45, 7) is 0.627. The van der Waals surface area contributed by atoms with Gasteiger partial charge in [-0.15, -0.1) is 0 Å². The molecule has 0 amide bonds. The number of aromatic nitrogens is 4. The van der Waals surface area contributed by atoms with Crippen LogP contribution in [-0.4, -0.2) is 41.2 Å². The Hall–Kier alpha value is -4.37. The lowest BCUT2D eigenvalue weighted by Crippen LogP contribution is -2.15. The molecule has 0 fully saturated rings. The Labute approximate surface area is 209 Å². The van der Waals surface area contributed by atoms with Crippen LogP contribution in [0.1, 0.15) is 17.0 Å². The number of nitrogens with zero attached hydrogens (tertiary/aromatic N) is 4. The van der Waals surface area contributed by atoms with Crippen molar-refractivity contribution in [3.8, 4) is 11.4 Å². The Kier molecular flexibility index (Phi) is 6.55. The van der Waals surface area contributed by atoms with Gasteiger partial charge in [0, 0.05) is 30.2 Å². The molecule has 0 saturated carbocycles. The third kappa shape index (κ3) is 5.47. The quantitative estimate of drug-likeness (QED) is 0.320. The minimum atomic E-state index is -3.47. The van der Waals surface area contributed by atoms with Gasteiger partial charge < -0.3 is 5.32 Å². The molecule has 0 radical (unpaired) electrons. The van der Waals surface area contributed by atoms with Gasteiger partial charge in [-0.05, 0) is 23.3 Å². The van der Waals surface area contributed by atoms with Crippen LogP contribution in [0, 0.1) is 0 Å². The number of rotatable bonds is 8. The number of nitrogens with one attached hydrogen (secondary N) is 2. The van der Waals surface area contributed by atoms with Crippen LogP contribution in [0.3, 0.4) is 0 Å². The minimum absolute atomic E-state index is 0.00560. The minimum Gasteiger partial charge on any atom is -0.368 e. The Morgan fingerprint density at radius 1 is 0.778 bits per heavy atom. The van der Waals surface area contributed by atoms with Gasteiger partial charge in [0.2, 0.25) is 16.0 Å². The van der Waals surface area contributed by atoms with Crippen LogP contribution >= 0.6 is 0 Å². The van der Waals surface area contributed by atoms with Crippen molar-refractivity contribution in [2.45, 2.75) is 5.92 Å². The van der Waals surface area contributed by atoms with Gasteiger partial charge in [-0.2, -0.15) is 0 Å². The molecule has 180 valence electrons. The van der Waals surface area contributed by atoms with Crippen LogP contribution in [-0.2, 0) is 10.0 Å². The SMILES string of the molecule is CS(=O)(=O)Nc1ncc(-c2nc(NCC(c3ccccc3)c3ccccc3)c3ccccc3n2)cn1. The molecule has 0 aliphatic heterocycles. The monoisotopic (exact) mass is 496 g/mol. The molecule has 0 atom stereocenters. The number of anilines is 2. The summed E-state index contributed by atoms with van der Waals surface area (Å²) in [5.74, 6) is 1.26. The lowest BCUT2D eigenvalue weighted by Gasteiger charge is -2.20. The fourth-order valence-corrected chi connectivity index (χ4v) is 4.44. The molecule has 0 unspecified atom stereocenters. The van der Waals surface area contributed by atoms with Crippen LogP contribution in [0.2, 0.25) is 0 Å². The molecule has 0 saturated heterocycles. The van der Waals surface area contributed by atoms with Gasteiger partial charge in [0.15, 0.2) is 5.82 Å². The van der Waals surface area contributed by atoms with Gasteiger partial charge in [0.1, 0.15) is 5.82 Å². The van der Waals surface area contributed by atoms with E-state index in [4.69, 9.17) is 4.98 Å². The Bertz CT molecular complexity index is 1540. The fourth-order valence-electron chi connectivity index (χ4n) is 4.00. The molecule has 36 heavy (non-hydrogen) atoms. The molecule has 0 bridgehead atoms. The Balaban J connectivity index is 1.49. The molecular weight excluding hydrogens is 472 g/mol. The van der Waals surface area contributed by atoms with E-state index in [0.29, 0.717) is 23.8 Å². The van der Waals surface area contributed by atoms with E-state index < -0.39 is 10.0 Å². The lowest BCUT2D eigenvalue weighted by atomic mass is 9.91. The number of sulfonamides is 1. The molecule has 3 aromatic carbocycles. The highest BCUT2D eigenvalue weighted by atomic mass is 32.2. The van der Waals surface area contributed by atoms with E-state index in [9.17, 15) is 8.42 Å². The maximum absolute atomic E-state index is 11.5. The van der Waals surface area contributed by atoms with E-state index in [-0.39, 0.29) is 11.9 Å². The number of fused-ring (bicyclic) bond motifs is 1. The van der Waals surface area contributed by atoms with E-state index in [2.05, 4.69) is 49.3 Å². The van der Waals surface area contributed by atoms with Gasteiger partial charge >= 0.3 is 0 Å². The largest absolute Gasteiger partial charge is 0.368 e. The van der Waals surface area contributed by atoms with Crippen molar-refractivity contribution in [3.63, 3.8) is 0 Å². The second kappa shape index (κ2) is 10.1. The summed E-state index contributed by atoms with van der Waals surface area (Å²) < 4.78 is 25.2. The Morgan fingerprint density at radius 3 is 1.97 bits per heavy atom. The van der Waals surface area contributed by atoms with E-state index in [1.807, 2.05) is 60.7 Å². The first-order valence-corrected chi connectivity index (χ1v) is 13.3. The number of hydrogen-bond acceptors (Lipinski definition) is 7. The first-order valence-electron chi connectivity index (χ1n) is 11.4. The highest BCUT2D eigenvalue weighted by molar-refractivity contribution is 7.91. The molecule has 2 N–H and O–H groups in total. The van der Waals surface area contributed by atoms with E-state index in [0.717, 1.165) is 17.2 Å². The van der Waals surface area contributed by atoms with Gasteiger partial charge in [-0.3, -0.25) is 4.72 Å². The van der Waals surface area contributed by atoms with Crippen molar-refractivity contribution in [3.05, 3.63) is 108 Å². The Morgan fingerprint density at radius 2 is 1.36 bits per heavy atom. The molecule has 2 aromatic heterocycles. The van der Waals surface area contributed by atoms with Crippen LogP contribution in [0.15, 0.2) is 97.3 Å². The van der Waals surface area contributed by atoms with Crippen molar-refractivity contribution >= 4 is 32.7 Å². The zero-order valence-electron chi connectivity index (χ0n) is 19.5. The summed E-state index contributed by atoms with van der Waals surface area (Å²) in [7, 11) is -3.47. The van der Waals surface area contributed by atoms with Crippen molar-refractivity contribution in [1.82, 2.24) is 19.9 Å². The first kappa shape index (κ1) is 23.4. The fraction of sp³-hybridized carbons (Fsp3) is 0.111. The second-order valence-electron chi connectivity index (χ2n) is 8.34. The van der Waals surface area contributed by atoms with Crippen LogP contribution in [0.5, 0.6) is 0 Å². The van der Waals surface area contributed by atoms with E-state index in [1.54, 1.807) is 0 Å². The molecule has 0 aliphatic rings. The predicted octanol–water partition coefficient (Wildman–Crippen LogP) is 4.70. The maximum Gasteiger partial charge on any atom is 0.236 e. The topological polar surface area (TPSA) is 110 Å². The lowest BCUT2D eigenvalue weighted by molar-refractivity contribution is 0.606. The predicted molar refractivity (Wildman–Crippen MR) is 142 cm³/mol. The normalized spacial score (nSPS) is 11.5. The third-order valence-electron chi connectivity index (χ3n) is 5.67. The standard InChI is InChI=1S/C27H24N6O2S/c1-36(34,35)33-27-29-16-21(17-30-27)25-31-24-15-9-8-14-22(24)26(32-25)28-18-23(19-10-4-2-5-11-19)20-12-6-3-7-13-20/h2-17,23H,18H2,1H3,(H,28,31,32)(H,29,30,33). The summed E-state index contributed by atoms with van der Waals surface area (Å²) in [5.41, 5.74) is 3.76. The summed E-state index contributed by atoms with van der Waals surface area (Å²) in [6.07, 6.45) is 4.06. The van der Waals surface area contributed by atoms with Crippen LogP contribution in [0.25, 0.3) is 22.3 Å². The zero-order valence-corrected chi connectivity index (χ0v) is 20.4. The van der Waals surface area contributed by atoms with Crippen molar-refractivity contribution < 1.29 is 8.42 Å². The molecular formula is C27H24N6O2S. The summed E-state index contributed by atoms with van der Waals surface area (Å²) >= 11 is 0. The smallest absolute Gasteiger partial charge is 0.236 e. The van der Waals surface area contributed by atoms with Crippen LogP contribution in [0.4, 0.5) is 11.8 Å². The molecule has 5 rings (SSSR count). The van der Waals surface area contributed by atoms with E-state index >= 15 is 0 Å². The van der Waals surface area contributed by atoms with Crippen molar-refractivity contribution in [2.75, 3.05) is 22.8 Å². The second-order valence-corrected chi connectivity index (χ2v) is 10.1.